The standard InChI is InChI=1S/C15H24N2S/c1-3-7-12(2)15(14(17)10-18-11-16)13-8-5-4-6-9-13/h4-6,8-10,12,15H,3,7,11,16-17H2,1-2H3/b14-10-. The molecule has 2 unspecified atom stereocenters. The maximum Gasteiger partial charge on any atom is 0.0435 e. The van der Waals surface area contributed by atoms with Crippen LogP contribution in [0.4, 0.5) is 0 Å². The van der Waals surface area contributed by atoms with Crippen LogP contribution in [0.1, 0.15) is 38.2 Å². The fourth-order valence-electron chi connectivity index (χ4n) is 2.35. The maximum absolute atomic E-state index is 6.25. The number of hydrogen-bond acceptors (Lipinski definition) is 3. The Balaban J connectivity index is 2.95. The van der Waals surface area contributed by atoms with Crippen LogP contribution in [-0.2, 0) is 0 Å². The molecular formula is C15H24N2S. The summed E-state index contributed by atoms with van der Waals surface area (Å²) in [5.74, 6) is 1.42. The van der Waals surface area contributed by atoms with Gasteiger partial charge in [-0.3, -0.25) is 0 Å². The van der Waals surface area contributed by atoms with E-state index in [9.17, 15) is 0 Å². The van der Waals surface area contributed by atoms with E-state index in [1.807, 2.05) is 11.5 Å². The molecule has 0 aromatic heterocycles. The third-order valence-electron chi connectivity index (χ3n) is 3.15. The van der Waals surface area contributed by atoms with Crippen LogP contribution in [0.5, 0.6) is 0 Å². The van der Waals surface area contributed by atoms with Crippen molar-refractivity contribution >= 4 is 11.8 Å². The molecule has 0 heterocycles. The highest BCUT2D eigenvalue weighted by Gasteiger charge is 2.20. The normalized spacial score (nSPS) is 15.4. The molecule has 0 fully saturated rings. The van der Waals surface area contributed by atoms with Crippen molar-refractivity contribution in [3.8, 4) is 0 Å². The zero-order valence-electron chi connectivity index (χ0n) is 11.3. The Kier molecular flexibility index (Phi) is 6.91. The van der Waals surface area contributed by atoms with Crippen LogP contribution in [0.2, 0.25) is 0 Å². The highest BCUT2D eigenvalue weighted by atomic mass is 32.2. The topological polar surface area (TPSA) is 52.0 Å². The van der Waals surface area contributed by atoms with Crippen LogP contribution >= 0.6 is 11.8 Å². The SMILES string of the molecule is CCCC(C)C(/C(N)=C/SCN)c1ccccc1. The van der Waals surface area contributed by atoms with E-state index in [1.54, 1.807) is 11.8 Å². The van der Waals surface area contributed by atoms with E-state index < -0.39 is 0 Å². The molecule has 2 atom stereocenters. The van der Waals surface area contributed by atoms with Gasteiger partial charge in [0.1, 0.15) is 0 Å². The minimum absolute atomic E-state index is 0.296. The van der Waals surface area contributed by atoms with Gasteiger partial charge in [0, 0.05) is 17.5 Å². The van der Waals surface area contributed by atoms with Gasteiger partial charge < -0.3 is 11.5 Å². The van der Waals surface area contributed by atoms with Gasteiger partial charge in [-0.25, -0.2) is 0 Å². The van der Waals surface area contributed by atoms with Crippen molar-refractivity contribution in [2.24, 2.45) is 17.4 Å². The lowest BCUT2D eigenvalue weighted by Gasteiger charge is -2.25. The molecule has 4 N–H and O–H groups in total. The first-order valence-corrected chi connectivity index (χ1v) is 7.57. The average Bonchev–Trinajstić information content (AvgIpc) is 2.38. The highest BCUT2D eigenvalue weighted by molar-refractivity contribution is 8.02. The quantitative estimate of drug-likeness (QED) is 0.739. The Bertz CT molecular complexity index is 362. The molecule has 2 nitrogen and oxygen atoms in total. The molecule has 18 heavy (non-hydrogen) atoms. The van der Waals surface area contributed by atoms with Crippen LogP contribution in [-0.4, -0.2) is 5.88 Å². The Morgan fingerprint density at radius 2 is 2.00 bits per heavy atom. The molecule has 0 aliphatic carbocycles. The summed E-state index contributed by atoms with van der Waals surface area (Å²) >= 11 is 1.57. The van der Waals surface area contributed by atoms with Crippen molar-refractivity contribution in [3.05, 3.63) is 47.0 Å². The predicted octanol–water partition coefficient (Wildman–Crippen LogP) is 3.66. The number of rotatable bonds is 7. The summed E-state index contributed by atoms with van der Waals surface area (Å²) < 4.78 is 0. The number of allylic oxidation sites excluding steroid dienone is 1. The van der Waals surface area contributed by atoms with Gasteiger partial charge in [-0.15, -0.1) is 11.8 Å². The third-order valence-corrected chi connectivity index (χ3v) is 3.78. The molecule has 1 rings (SSSR count). The molecule has 0 saturated heterocycles. The lowest BCUT2D eigenvalue weighted by molar-refractivity contribution is 0.461. The first-order valence-electron chi connectivity index (χ1n) is 6.52. The Morgan fingerprint density at radius 3 is 2.56 bits per heavy atom. The predicted molar refractivity (Wildman–Crippen MR) is 82.2 cm³/mol. The van der Waals surface area contributed by atoms with E-state index in [1.165, 1.54) is 18.4 Å². The molecule has 0 aliphatic rings. The number of benzene rings is 1. The van der Waals surface area contributed by atoms with Crippen molar-refractivity contribution in [2.75, 3.05) is 5.88 Å². The molecule has 0 amide bonds. The van der Waals surface area contributed by atoms with E-state index in [4.69, 9.17) is 11.5 Å². The molecule has 0 saturated carbocycles. The zero-order chi connectivity index (χ0) is 13.4. The fraction of sp³-hybridized carbons (Fsp3) is 0.467. The summed E-state index contributed by atoms with van der Waals surface area (Å²) in [4.78, 5) is 0. The average molecular weight is 264 g/mol. The highest BCUT2D eigenvalue weighted by Crippen LogP contribution is 2.33. The Labute approximate surface area is 115 Å². The van der Waals surface area contributed by atoms with Crippen LogP contribution in [0.25, 0.3) is 0 Å². The lowest BCUT2D eigenvalue weighted by atomic mass is 9.83. The van der Waals surface area contributed by atoms with Gasteiger partial charge >= 0.3 is 0 Å². The second-order valence-electron chi connectivity index (χ2n) is 4.61. The van der Waals surface area contributed by atoms with E-state index in [2.05, 4.69) is 38.1 Å². The smallest absolute Gasteiger partial charge is 0.0435 e. The second-order valence-corrected chi connectivity index (χ2v) is 5.51. The largest absolute Gasteiger partial charge is 0.401 e. The molecule has 1 aromatic rings. The monoisotopic (exact) mass is 264 g/mol. The second kappa shape index (κ2) is 8.22. The van der Waals surface area contributed by atoms with Crippen molar-refractivity contribution in [2.45, 2.75) is 32.6 Å². The van der Waals surface area contributed by atoms with Gasteiger partial charge in [0.15, 0.2) is 0 Å². The maximum atomic E-state index is 6.25. The lowest BCUT2D eigenvalue weighted by Crippen LogP contribution is -2.17. The van der Waals surface area contributed by atoms with E-state index >= 15 is 0 Å². The van der Waals surface area contributed by atoms with Gasteiger partial charge in [-0.2, -0.15) is 0 Å². The van der Waals surface area contributed by atoms with Gasteiger partial charge in [0.05, 0.1) is 0 Å². The van der Waals surface area contributed by atoms with E-state index in [-0.39, 0.29) is 0 Å². The molecule has 1 aromatic carbocycles. The molecule has 0 radical (unpaired) electrons. The molecule has 0 aliphatic heterocycles. The minimum Gasteiger partial charge on any atom is -0.401 e. The summed E-state index contributed by atoms with van der Waals surface area (Å²) in [5.41, 5.74) is 14.0. The molecular weight excluding hydrogens is 240 g/mol. The molecule has 0 spiro atoms. The molecule has 3 heteroatoms. The number of hydrogen-bond donors (Lipinski definition) is 2. The van der Waals surface area contributed by atoms with Crippen LogP contribution in [0.15, 0.2) is 41.4 Å². The van der Waals surface area contributed by atoms with Gasteiger partial charge in [0.25, 0.3) is 0 Å². The van der Waals surface area contributed by atoms with Crippen LogP contribution in [0, 0.1) is 5.92 Å². The van der Waals surface area contributed by atoms with Gasteiger partial charge in [0.2, 0.25) is 0 Å². The third kappa shape index (κ3) is 4.39. The Hall–Kier alpha value is -0.930. The zero-order valence-corrected chi connectivity index (χ0v) is 12.1. The number of nitrogens with two attached hydrogens (primary N) is 2. The van der Waals surface area contributed by atoms with Crippen LogP contribution in [0.3, 0.4) is 0 Å². The van der Waals surface area contributed by atoms with Crippen molar-refractivity contribution < 1.29 is 0 Å². The number of thioether (sulfide) groups is 1. The van der Waals surface area contributed by atoms with Crippen molar-refractivity contribution in [1.82, 2.24) is 0 Å². The summed E-state index contributed by atoms with van der Waals surface area (Å²) in [7, 11) is 0. The van der Waals surface area contributed by atoms with Crippen molar-refractivity contribution in [3.63, 3.8) is 0 Å². The fourth-order valence-corrected chi connectivity index (χ4v) is 2.78. The van der Waals surface area contributed by atoms with E-state index in [0.29, 0.717) is 17.7 Å². The van der Waals surface area contributed by atoms with Crippen LogP contribution < -0.4 is 11.5 Å². The summed E-state index contributed by atoms with van der Waals surface area (Å²) in [6, 6.07) is 10.5. The van der Waals surface area contributed by atoms with Gasteiger partial charge in [-0.05, 0) is 16.9 Å². The summed E-state index contributed by atoms with van der Waals surface area (Å²) in [6.45, 7) is 4.49. The molecule has 100 valence electrons. The van der Waals surface area contributed by atoms with E-state index in [0.717, 1.165) is 5.70 Å². The van der Waals surface area contributed by atoms with Gasteiger partial charge in [-0.1, -0.05) is 57.0 Å². The Morgan fingerprint density at radius 1 is 1.33 bits per heavy atom. The van der Waals surface area contributed by atoms with Crippen molar-refractivity contribution in [1.29, 1.82) is 0 Å². The first kappa shape index (κ1) is 15.1. The summed E-state index contributed by atoms with van der Waals surface area (Å²) in [5, 5.41) is 2.00. The first-order chi connectivity index (χ1) is 8.70. The molecule has 0 bridgehead atoms. The summed E-state index contributed by atoms with van der Waals surface area (Å²) in [6.07, 6.45) is 2.36. The minimum atomic E-state index is 0.296.